The minimum absolute atomic E-state index is 0.0443. The van der Waals surface area contributed by atoms with Gasteiger partial charge in [0.25, 0.3) is 0 Å². The lowest BCUT2D eigenvalue weighted by Crippen LogP contribution is -2.41. The number of ether oxygens (including phenoxy) is 2. The molecule has 0 spiro atoms. The second kappa shape index (κ2) is 8.89. The molecule has 0 amide bonds. The maximum Gasteiger partial charge on any atom is 0.226 e. The fourth-order valence-electron chi connectivity index (χ4n) is 3.70. The molecule has 160 valence electrons. The van der Waals surface area contributed by atoms with Gasteiger partial charge in [-0.05, 0) is 58.8 Å². The number of hydrogen-bond donors (Lipinski definition) is 3. The highest BCUT2D eigenvalue weighted by Gasteiger charge is 2.48. The van der Waals surface area contributed by atoms with Crippen LogP contribution in [0.25, 0.3) is 11.2 Å². The normalized spacial score (nSPS) is 25.1. The summed E-state index contributed by atoms with van der Waals surface area (Å²) in [6.07, 6.45) is -2.57. The average molecular weight is 546 g/mol. The zero-order chi connectivity index (χ0) is 21.4. The van der Waals surface area contributed by atoms with E-state index in [9.17, 15) is 10.2 Å². The number of nitrogens with two attached hydrogens (primary N) is 1. The molecule has 0 saturated carbocycles. The summed E-state index contributed by atoms with van der Waals surface area (Å²) in [6.45, 7) is 2.32. The third-order valence-corrected chi connectivity index (χ3v) is 5.88. The highest BCUT2D eigenvalue weighted by Crippen LogP contribution is 2.35. The number of anilines is 1. The van der Waals surface area contributed by atoms with E-state index < -0.39 is 30.6 Å². The van der Waals surface area contributed by atoms with Crippen LogP contribution in [0.15, 0.2) is 30.6 Å². The number of aliphatic hydroxyl groups is 2. The van der Waals surface area contributed by atoms with Crippen LogP contribution in [0.3, 0.4) is 0 Å². The predicted molar refractivity (Wildman–Crippen MR) is 119 cm³/mol. The zero-order valence-electron chi connectivity index (χ0n) is 16.0. The molecule has 11 heteroatoms. The summed E-state index contributed by atoms with van der Waals surface area (Å²) >= 11 is 8.18. The van der Waals surface area contributed by atoms with Crippen molar-refractivity contribution in [2.75, 3.05) is 12.3 Å². The topological polar surface area (TPSA) is 129 Å². The monoisotopic (exact) mass is 545 g/mol. The molecule has 4 rings (SSSR count). The van der Waals surface area contributed by atoms with Crippen LogP contribution in [0, 0.1) is 3.57 Å². The Bertz CT molecular complexity index is 1050. The summed E-state index contributed by atoms with van der Waals surface area (Å²) in [5.41, 5.74) is 7.57. The predicted octanol–water partition coefficient (Wildman–Crippen LogP) is 1.93. The first-order valence-electron chi connectivity index (χ1n) is 9.42. The van der Waals surface area contributed by atoms with E-state index in [1.165, 1.54) is 10.9 Å². The minimum Gasteiger partial charge on any atom is -0.387 e. The Morgan fingerprint density at radius 1 is 1.33 bits per heavy atom. The largest absolute Gasteiger partial charge is 0.387 e. The van der Waals surface area contributed by atoms with Gasteiger partial charge in [-0.15, -0.1) is 0 Å². The molecule has 2 aromatic heterocycles. The summed E-state index contributed by atoms with van der Waals surface area (Å²) < 4.78 is 14.6. The molecular formula is C19H21ClIN5O4. The Kier molecular flexibility index (Phi) is 6.42. The Morgan fingerprint density at radius 3 is 2.87 bits per heavy atom. The SMILES string of the molecule is CCOC(Cc1cccc(I)c1)[C@H]1O[C@@H](n2cnc3c(N)nc(Cl)nc32)[C@H](O)[C@@H]1O. The zero-order valence-corrected chi connectivity index (χ0v) is 18.9. The number of halogens is 2. The Morgan fingerprint density at radius 2 is 2.13 bits per heavy atom. The van der Waals surface area contributed by atoms with Gasteiger partial charge in [0.15, 0.2) is 17.7 Å². The number of rotatable bonds is 6. The molecule has 1 fully saturated rings. The number of benzene rings is 1. The van der Waals surface area contributed by atoms with E-state index in [1.807, 2.05) is 31.2 Å². The number of aromatic nitrogens is 4. The van der Waals surface area contributed by atoms with Crippen LogP contribution in [0.1, 0.15) is 18.7 Å². The second-order valence-corrected chi connectivity index (χ2v) is 8.59. The molecule has 1 aliphatic rings. The average Bonchev–Trinajstić information content (AvgIpc) is 3.23. The molecule has 1 saturated heterocycles. The third-order valence-electron chi connectivity index (χ3n) is 5.04. The van der Waals surface area contributed by atoms with Gasteiger partial charge in [0.2, 0.25) is 5.28 Å². The molecular weight excluding hydrogens is 525 g/mol. The van der Waals surface area contributed by atoms with Gasteiger partial charge in [0.1, 0.15) is 23.8 Å². The summed E-state index contributed by atoms with van der Waals surface area (Å²) in [5.74, 6) is 0.124. The molecule has 3 aromatic rings. The molecule has 5 atom stereocenters. The van der Waals surface area contributed by atoms with Crippen LogP contribution in [-0.4, -0.2) is 60.8 Å². The van der Waals surface area contributed by atoms with Crippen LogP contribution in [-0.2, 0) is 15.9 Å². The number of nitrogen functional groups attached to an aromatic ring is 1. The molecule has 0 radical (unpaired) electrons. The first kappa shape index (κ1) is 21.7. The van der Waals surface area contributed by atoms with Gasteiger partial charge in [-0.25, -0.2) is 4.98 Å². The summed E-state index contributed by atoms with van der Waals surface area (Å²) in [7, 11) is 0. The van der Waals surface area contributed by atoms with Crippen molar-refractivity contribution in [3.05, 3.63) is 45.0 Å². The second-order valence-electron chi connectivity index (χ2n) is 7.00. The van der Waals surface area contributed by atoms with Crippen LogP contribution in [0.5, 0.6) is 0 Å². The van der Waals surface area contributed by atoms with Crippen LogP contribution in [0.4, 0.5) is 5.82 Å². The summed E-state index contributed by atoms with van der Waals surface area (Å²) in [6, 6.07) is 8.01. The molecule has 1 unspecified atom stereocenters. The maximum absolute atomic E-state index is 10.8. The van der Waals surface area contributed by atoms with Gasteiger partial charge in [-0.1, -0.05) is 12.1 Å². The van der Waals surface area contributed by atoms with Gasteiger partial charge in [-0.3, -0.25) is 4.57 Å². The molecule has 30 heavy (non-hydrogen) atoms. The molecule has 0 bridgehead atoms. The number of hydrogen-bond acceptors (Lipinski definition) is 8. The van der Waals surface area contributed by atoms with Gasteiger partial charge < -0.3 is 25.4 Å². The maximum atomic E-state index is 10.8. The molecule has 1 aromatic carbocycles. The van der Waals surface area contributed by atoms with Crippen molar-refractivity contribution in [2.45, 2.75) is 44.0 Å². The van der Waals surface area contributed by atoms with Gasteiger partial charge in [0.05, 0.1) is 12.4 Å². The third kappa shape index (κ3) is 4.12. The van der Waals surface area contributed by atoms with Crippen molar-refractivity contribution in [2.24, 2.45) is 0 Å². The lowest BCUT2D eigenvalue weighted by atomic mass is 9.99. The van der Waals surface area contributed by atoms with Crippen molar-refractivity contribution in [3.63, 3.8) is 0 Å². The van der Waals surface area contributed by atoms with Crippen LogP contribution in [0.2, 0.25) is 5.28 Å². The van der Waals surface area contributed by atoms with E-state index >= 15 is 0 Å². The van der Waals surface area contributed by atoms with Gasteiger partial charge in [-0.2, -0.15) is 9.97 Å². The van der Waals surface area contributed by atoms with E-state index in [-0.39, 0.29) is 11.1 Å². The van der Waals surface area contributed by atoms with Gasteiger partial charge in [0, 0.05) is 16.6 Å². The van der Waals surface area contributed by atoms with Crippen LogP contribution < -0.4 is 5.73 Å². The lowest BCUT2D eigenvalue weighted by Gasteiger charge is -2.25. The van der Waals surface area contributed by atoms with E-state index in [2.05, 4.69) is 37.5 Å². The summed E-state index contributed by atoms with van der Waals surface area (Å²) in [4.78, 5) is 12.2. The quantitative estimate of drug-likeness (QED) is 0.317. The van der Waals surface area contributed by atoms with Crippen molar-refractivity contribution in [1.29, 1.82) is 0 Å². The molecule has 1 aliphatic heterocycles. The Balaban J connectivity index is 1.63. The first-order valence-corrected chi connectivity index (χ1v) is 10.9. The fourth-order valence-corrected chi connectivity index (χ4v) is 4.48. The highest BCUT2D eigenvalue weighted by molar-refractivity contribution is 14.1. The number of fused-ring (bicyclic) bond motifs is 1. The Labute approximate surface area is 191 Å². The molecule has 9 nitrogen and oxygen atoms in total. The van der Waals surface area contributed by atoms with Crippen molar-refractivity contribution in [3.8, 4) is 0 Å². The van der Waals surface area contributed by atoms with E-state index in [4.69, 9.17) is 26.8 Å². The fraction of sp³-hybridized carbons (Fsp3) is 0.421. The van der Waals surface area contributed by atoms with Crippen molar-refractivity contribution in [1.82, 2.24) is 19.5 Å². The van der Waals surface area contributed by atoms with E-state index in [0.717, 1.165) is 9.13 Å². The Hall–Kier alpha value is -1.57. The minimum atomic E-state index is -1.22. The molecule has 4 N–H and O–H groups in total. The highest BCUT2D eigenvalue weighted by atomic mass is 127. The number of aliphatic hydroxyl groups excluding tert-OH is 2. The van der Waals surface area contributed by atoms with E-state index in [1.54, 1.807) is 0 Å². The number of nitrogens with zero attached hydrogens (tertiary/aromatic N) is 4. The standard InChI is InChI=1S/C19H21ClIN5O4/c1-2-29-11(7-9-4-3-5-10(21)6-9)15-13(27)14(28)18(30-15)26-8-23-12-16(22)24-19(20)25-17(12)26/h3-6,8,11,13-15,18,27-28H,2,7H2,1H3,(H2,22,24,25)/t11?,13-,14+,15+,18+/m0/s1. The smallest absolute Gasteiger partial charge is 0.226 e. The van der Waals surface area contributed by atoms with Crippen molar-refractivity contribution >= 4 is 51.2 Å². The lowest BCUT2D eigenvalue weighted by molar-refractivity contribution is -0.104. The van der Waals surface area contributed by atoms with Crippen LogP contribution >= 0.6 is 34.2 Å². The number of imidazole rings is 1. The summed E-state index contributed by atoms with van der Waals surface area (Å²) in [5, 5.41) is 21.5. The van der Waals surface area contributed by atoms with Crippen molar-refractivity contribution < 1.29 is 19.7 Å². The molecule has 0 aliphatic carbocycles. The van der Waals surface area contributed by atoms with Gasteiger partial charge >= 0.3 is 0 Å². The first-order chi connectivity index (χ1) is 14.4. The van der Waals surface area contributed by atoms with E-state index in [0.29, 0.717) is 24.2 Å². The molecule has 3 heterocycles.